The van der Waals surface area contributed by atoms with Crippen molar-refractivity contribution in [1.82, 2.24) is 9.97 Å². The lowest BCUT2D eigenvalue weighted by atomic mass is 10.1. The summed E-state index contributed by atoms with van der Waals surface area (Å²) in [5, 5.41) is 13.1. The zero-order chi connectivity index (χ0) is 13.8. The van der Waals surface area contributed by atoms with Crippen molar-refractivity contribution < 1.29 is 9.50 Å². The number of rotatable bonds is 4. The smallest absolute Gasteiger partial charge is 0.134 e. The summed E-state index contributed by atoms with van der Waals surface area (Å²) in [4.78, 5) is 8.04. The van der Waals surface area contributed by atoms with Gasteiger partial charge in [-0.05, 0) is 13.0 Å². The third kappa shape index (κ3) is 3.62. The van der Waals surface area contributed by atoms with E-state index in [9.17, 15) is 9.50 Å². The molecule has 2 rings (SSSR count). The molecule has 0 radical (unpaired) electrons. The molecule has 0 saturated heterocycles. The number of nitrogens with zero attached hydrogens (tertiary/aromatic N) is 2. The molecular formula is C13H13ClFN3O. The molecule has 2 N–H and O–H groups in total. The molecule has 1 heterocycles. The van der Waals surface area contributed by atoms with E-state index in [0.717, 1.165) is 0 Å². The first-order valence-corrected chi connectivity index (χ1v) is 6.11. The van der Waals surface area contributed by atoms with Crippen molar-refractivity contribution >= 4 is 17.4 Å². The highest BCUT2D eigenvalue weighted by Crippen LogP contribution is 2.18. The van der Waals surface area contributed by atoms with Crippen LogP contribution in [0.2, 0.25) is 5.15 Å². The Bertz CT molecular complexity index is 559. The monoisotopic (exact) mass is 281 g/mol. The van der Waals surface area contributed by atoms with Gasteiger partial charge >= 0.3 is 0 Å². The predicted octanol–water partition coefficient (Wildman–Crippen LogP) is 2.72. The lowest BCUT2D eigenvalue weighted by Crippen LogP contribution is -2.14. The van der Waals surface area contributed by atoms with Crippen molar-refractivity contribution in [3.05, 3.63) is 52.7 Å². The average molecular weight is 282 g/mol. The Labute approximate surface area is 115 Å². The third-order valence-corrected chi connectivity index (χ3v) is 2.74. The molecule has 4 nitrogen and oxygen atoms in total. The number of aryl methyl sites for hydroxylation is 1. The minimum Gasteiger partial charge on any atom is -0.386 e. The standard InChI is InChI=1S/C13H13ClFN3O/c1-8-17-12(14)6-13(18-8)16-7-11(19)9-4-2-3-5-10(9)15/h2-6,11,19H,7H2,1H3,(H,16,17,18)/t11-/m0/s1. The van der Waals surface area contributed by atoms with Crippen molar-refractivity contribution in [1.29, 1.82) is 0 Å². The van der Waals surface area contributed by atoms with Gasteiger partial charge < -0.3 is 10.4 Å². The Hall–Kier alpha value is -1.72. The van der Waals surface area contributed by atoms with Crippen LogP contribution in [0.1, 0.15) is 17.5 Å². The van der Waals surface area contributed by atoms with Gasteiger partial charge in [-0.2, -0.15) is 0 Å². The summed E-state index contributed by atoms with van der Waals surface area (Å²) in [6.45, 7) is 1.85. The van der Waals surface area contributed by atoms with E-state index in [-0.39, 0.29) is 12.1 Å². The highest BCUT2D eigenvalue weighted by atomic mass is 35.5. The molecule has 0 amide bonds. The number of halogens is 2. The van der Waals surface area contributed by atoms with E-state index in [1.165, 1.54) is 6.07 Å². The molecule has 0 aliphatic heterocycles. The largest absolute Gasteiger partial charge is 0.386 e. The van der Waals surface area contributed by atoms with Gasteiger partial charge in [0.05, 0.1) is 6.10 Å². The zero-order valence-corrected chi connectivity index (χ0v) is 11.0. The van der Waals surface area contributed by atoms with E-state index < -0.39 is 11.9 Å². The summed E-state index contributed by atoms with van der Waals surface area (Å²) in [5.74, 6) is 0.581. The third-order valence-electron chi connectivity index (χ3n) is 2.55. The normalized spacial score (nSPS) is 12.2. The Morgan fingerprint density at radius 1 is 1.37 bits per heavy atom. The molecule has 0 unspecified atom stereocenters. The second-order valence-electron chi connectivity index (χ2n) is 4.04. The van der Waals surface area contributed by atoms with Gasteiger partial charge in [-0.3, -0.25) is 0 Å². The van der Waals surface area contributed by atoms with Crippen molar-refractivity contribution in [2.45, 2.75) is 13.0 Å². The highest BCUT2D eigenvalue weighted by molar-refractivity contribution is 6.29. The van der Waals surface area contributed by atoms with Gasteiger partial charge in [0.2, 0.25) is 0 Å². The minimum atomic E-state index is -0.963. The molecule has 0 bridgehead atoms. The molecule has 6 heteroatoms. The number of aliphatic hydroxyl groups excluding tert-OH is 1. The number of anilines is 1. The van der Waals surface area contributed by atoms with E-state index in [1.807, 2.05) is 0 Å². The summed E-state index contributed by atoms with van der Waals surface area (Å²) >= 11 is 5.79. The zero-order valence-electron chi connectivity index (χ0n) is 10.3. The number of hydrogen-bond acceptors (Lipinski definition) is 4. The number of hydrogen-bond donors (Lipinski definition) is 2. The van der Waals surface area contributed by atoms with Gasteiger partial charge in [0, 0.05) is 18.2 Å². The van der Waals surface area contributed by atoms with Crippen LogP contribution >= 0.6 is 11.6 Å². The lowest BCUT2D eigenvalue weighted by Gasteiger charge is -2.13. The summed E-state index contributed by atoms with van der Waals surface area (Å²) in [6.07, 6.45) is -0.963. The van der Waals surface area contributed by atoms with E-state index >= 15 is 0 Å². The van der Waals surface area contributed by atoms with Crippen LogP contribution in [-0.2, 0) is 0 Å². The van der Waals surface area contributed by atoms with Crippen LogP contribution in [0.4, 0.5) is 10.2 Å². The van der Waals surface area contributed by atoms with Crippen LogP contribution in [0, 0.1) is 12.7 Å². The minimum absolute atomic E-state index is 0.133. The van der Waals surface area contributed by atoms with Gasteiger partial charge in [0.25, 0.3) is 0 Å². The fraction of sp³-hybridized carbons (Fsp3) is 0.231. The fourth-order valence-electron chi connectivity index (χ4n) is 1.68. The Kier molecular flexibility index (Phi) is 4.29. The quantitative estimate of drug-likeness (QED) is 0.846. The summed E-state index contributed by atoms with van der Waals surface area (Å²) in [6, 6.07) is 7.65. The fourth-order valence-corrected chi connectivity index (χ4v) is 1.90. The SMILES string of the molecule is Cc1nc(Cl)cc(NC[C@H](O)c2ccccc2F)n1. The maximum atomic E-state index is 13.5. The van der Waals surface area contributed by atoms with Gasteiger partial charge in [0.15, 0.2) is 0 Å². The first-order chi connectivity index (χ1) is 9.06. The number of benzene rings is 1. The van der Waals surface area contributed by atoms with E-state index in [4.69, 9.17) is 11.6 Å². The van der Waals surface area contributed by atoms with Crippen LogP contribution < -0.4 is 5.32 Å². The van der Waals surface area contributed by atoms with Crippen LogP contribution in [0.5, 0.6) is 0 Å². The van der Waals surface area contributed by atoms with Crippen molar-refractivity contribution in [3.63, 3.8) is 0 Å². The molecule has 2 aromatic rings. The summed E-state index contributed by atoms with van der Waals surface area (Å²) in [7, 11) is 0. The average Bonchev–Trinajstić information content (AvgIpc) is 2.35. The Morgan fingerprint density at radius 2 is 2.11 bits per heavy atom. The van der Waals surface area contributed by atoms with Crippen molar-refractivity contribution in [2.75, 3.05) is 11.9 Å². The molecule has 1 aromatic carbocycles. The van der Waals surface area contributed by atoms with Gasteiger partial charge in [0.1, 0.15) is 22.6 Å². The van der Waals surface area contributed by atoms with Gasteiger partial charge in [-0.25, -0.2) is 14.4 Å². The molecular weight excluding hydrogens is 269 g/mol. The maximum absolute atomic E-state index is 13.5. The van der Waals surface area contributed by atoms with Crippen LogP contribution in [0.25, 0.3) is 0 Å². The van der Waals surface area contributed by atoms with Gasteiger partial charge in [-0.1, -0.05) is 29.8 Å². The van der Waals surface area contributed by atoms with E-state index in [2.05, 4.69) is 15.3 Å². The van der Waals surface area contributed by atoms with Crippen LogP contribution in [0.3, 0.4) is 0 Å². The molecule has 0 aliphatic rings. The first-order valence-electron chi connectivity index (χ1n) is 5.74. The molecule has 0 aliphatic carbocycles. The molecule has 1 atom stereocenters. The number of nitrogens with one attached hydrogen (secondary N) is 1. The van der Waals surface area contributed by atoms with Gasteiger partial charge in [-0.15, -0.1) is 0 Å². The molecule has 0 fully saturated rings. The van der Waals surface area contributed by atoms with Crippen LogP contribution in [-0.4, -0.2) is 21.6 Å². The maximum Gasteiger partial charge on any atom is 0.134 e. The highest BCUT2D eigenvalue weighted by Gasteiger charge is 2.12. The predicted molar refractivity (Wildman–Crippen MR) is 71.6 cm³/mol. The lowest BCUT2D eigenvalue weighted by molar-refractivity contribution is 0.186. The first kappa shape index (κ1) is 13.7. The number of aliphatic hydroxyl groups is 1. The van der Waals surface area contributed by atoms with Crippen molar-refractivity contribution in [3.8, 4) is 0 Å². The van der Waals surface area contributed by atoms with E-state index in [1.54, 1.807) is 31.2 Å². The summed E-state index contributed by atoms with van der Waals surface area (Å²) in [5.41, 5.74) is 0.242. The molecule has 0 saturated carbocycles. The van der Waals surface area contributed by atoms with E-state index in [0.29, 0.717) is 16.8 Å². The van der Waals surface area contributed by atoms with Crippen LogP contribution in [0.15, 0.2) is 30.3 Å². The second kappa shape index (κ2) is 5.95. The molecule has 0 spiro atoms. The van der Waals surface area contributed by atoms with Crippen molar-refractivity contribution in [2.24, 2.45) is 0 Å². The molecule has 100 valence electrons. The molecule has 1 aromatic heterocycles. The topological polar surface area (TPSA) is 58.0 Å². The number of aromatic nitrogens is 2. The second-order valence-corrected chi connectivity index (χ2v) is 4.43. The Morgan fingerprint density at radius 3 is 2.79 bits per heavy atom. The summed E-state index contributed by atoms with van der Waals surface area (Å²) < 4.78 is 13.5. The Balaban J connectivity index is 2.04. The molecule has 19 heavy (non-hydrogen) atoms.